The van der Waals surface area contributed by atoms with Crippen LogP contribution < -0.4 is 0 Å². The fourth-order valence-corrected chi connectivity index (χ4v) is 2.31. The molecule has 27 heavy (non-hydrogen) atoms. The minimum Gasteiger partial charge on any atom is -0.312 e. The molecule has 0 aromatic heterocycles. The van der Waals surface area contributed by atoms with Crippen molar-refractivity contribution in [2.75, 3.05) is 0 Å². The monoisotopic (exact) mass is 373 g/mol. The molecule has 0 atom stereocenters. The molecule has 3 aromatic rings. The van der Waals surface area contributed by atoms with Crippen molar-refractivity contribution in [1.29, 1.82) is 0 Å². The van der Waals surface area contributed by atoms with Crippen LogP contribution in [0.15, 0.2) is 71.9 Å². The van der Waals surface area contributed by atoms with Gasteiger partial charge in [-0.25, -0.2) is 22.4 Å². The Hall–Kier alpha value is -3.48. The third kappa shape index (κ3) is 4.20. The molecule has 3 nitrogen and oxygen atoms in total. The van der Waals surface area contributed by atoms with Crippen LogP contribution in [0.2, 0.25) is 0 Å². The topological polar surface area (TPSA) is 38.7 Å². The number of hydrogen-bond donors (Lipinski definition) is 0. The fourth-order valence-electron chi connectivity index (χ4n) is 2.31. The molecule has 3 aromatic carbocycles. The van der Waals surface area contributed by atoms with E-state index in [0.29, 0.717) is 11.1 Å². The second kappa shape index (κ2) is 7.82. The average Bonchev–Trinajstić information content (AvgIpc) is 2.64. The standard InChI is InChI=1S/C20H11F4NO2/c21-14-8-4-12(5-9-14)19(13-6-10-15(22)11-7-13)25-27-20(26)18-16(23)2-1-3-17(18)24/h1-11H. The van der Waals surface area contributed by atoms with Crippen LogP contribution >= 0.6 is 0 Å². The van der Waals surface area contributed by atoms with Crippen molar-refractivity contribution in [2.24, 2.45) is 5.16 Å². The van der Waals surface area contributed by atoms with E-state index in [9.17, 15) is 22.4 Å². The largest absolute Gasteiger partial charge is 0.371 e. The molecule has 0 aliphatic heterocycles. The summed E-state index contributed by atoms with van der Waals surface area (Å²) >= 11 is 0. The normalized spacial score (nSPS) is 10.4. The quantitative estimate of drug-likeness (QED) is 0.284. The molecule has 7 heteroatoms. The van der Waals surface area contributed by atoms with Crippen LogP contribution in [0.1, 0.15) is 21.5 Å². The molecular weight excluding hydrogens is 362 g/mol. The van der Waals surface area contributed by atoms with Gasteiger partial charge < -0.3 is 4.84 Å². The van der Waals surface area contributed by atoms with E-state index in [0.717, 1.165) is 42.5 Å². The molecule has 0 aliphatic carbocycles. The van der Waals surface area contributed by atoms with Gasteiger partial charge in [0.25, 0.3) is 0 Å². The van der Waals surface area contributed by atoms with E-state index in [1.165, 1.54) is 24.3 Å². The Morgan fingerprint density at radius 1 is 0.704 bits per heavy atom. The molecule has 0 spiro atoms. The number of carbonyl (C=O) groups is 1. The summed E-state index contributed by atoms with van der Waals surface area (Å²) in [6, 6.07) is 13.0. The Labute approximate surface area is 151 Å². The zero-order chi connectivity index (χ0) is 19.4. The maximum absolute atomic E-state index is 13.7. The predicted molar refractivity (Wildman–Crippen MR) is 90.2 cm³/mol. The van der Waals surface area contributed by atoms with Crippen LogP contribution in [0.3, 0.4) is 0 Å². The number of nitrogens with zero attached hydrogens (tertiary/aromatic N) is 1. The average molecular weight is 373 g/mol. The number of halogens is 4. The van der Waals surface area contributed by atoms with Crippen LogP contribution in [-0.2, 0) is 4.84 Å². The lowest BCUT2D eigenvalue weighted by Gasteiger charge is -2.08. The Bertz CT molecular complexity index is 932. The first-order chi connectivity index (χ1) is 13.0. The van der Waals surface area contributed by atoms with Crippen molar-refractivity contribution in [1.82, 2.24) is 0 Å². The molecule has 3 rings (SSSR count). The highest BCUT2D eigenvalue weighted by Gasteiger charge is 2.19. The SMILES string of the molecule is O=C(ON=C(c1ccc(F)cc1)c1ccc(F)cc1)c1c(F)cccc1F. The Balaban J connectivity index is 1.98. The van der Waals surface area contributed by atoms with Gasteiger partial charge in [-0.15, -0.1) is 0 Å². The van der Waals surface area contributed by atoms with Crippen LogP contribution in [0.25, 0.3) is 0 Å². The van der Waals surface area contributed by atoms with Crippen molar-refractivity contribution in [2.45, 2.75) is 0 Å². The van der Waals surface area contributed by atoms with Crippen LogP contribution in [0.5, 0.6) is 0 Å². The minimum absolute atomic E-state index is 0.0556. The molecule has 136 valence electrons. The van der Waals surface area contributed by atoms with E-state index in [1.54, 1.807) is 0 Å². The summed E-state index contributed by atoms with van der Waals surface area (Å²) in [5.74, 6) is -4.53. The summed E-state index contributed by atoms with van der Waals surface area (Å²) in [7, 11) is 0. The lowest BCUT2D eigenvalue weighted by atomic mass is 10.0. The highest BCUT2D eigenvalue weighted by molar-refractivity contribution is 6.12. The van der Waals surface area contributed by atoms with Crippen molar-refractivity contribution in [3.63, 3.8) is 0 Å². The number of benzene rings is 3. The van der Waals surface area contributed by atoms with Gasteiger partial charge in [-0.1, -0.05) is 11.2 Å². The Kier molecular flexibility index (Phi) is 5.30. The third-order valence-corrected chi connectivity index (χ3v) is 3.62. The van der Waals surface area contributed by atoms with E-state index in [-0.39, 0.29) is 5.71 Å². The highest BCUT2D eigenvalue weighted by atomic mass is 19.1. The van der Waals surface area contributed by atoms with Gasteiger partial charge in [-0.3, -0.25) is 0 Å². The molecule has 0 N–H and O–H groups in total. The van der Waals surface area contributed by atoms with E-state index >= 15 is 0 Å². The van der Waals surface area contributed by atoms with Crippen molar-refractivity contribution in [3.8, 4) is 0 Å². The number of hydrogen-bond acceptors (Lipinski definition) is 3. The van der Waals surface area contributed by atoms with Crippen molar-refractivity contribution >= 4 is 11.7 Å². The third-order valence-electron chi connectivity index (χ3n) is 3.62. The zero-order valence-electron chi connectivity index (χ0n) is 13.6. The predicted octanol–water partition coefficient (Wildman–Crippen LogP) is 4.85. The van der Waals surface area contributed by atoms with Gasteiger partial charge in [0.1, 0.15) is 34.5 Å². The summed E-state index contributed by atoms with van der Waals surface area (Å²) < 4.78 is 53.7. The van der Waals surface area contributed by atoms with Crippen molar-refractivity contribution < 1.29 is 27.2 Å². The first-order valence-corrected chi connectivity index (χ1v) is 7.71. The first kappa shape index (κ1) is 18.3. The molecular formula is C20H11F4NO2. The summed E-state index contributed by atoms with van der Waals surface area (Å²) in [5.41, 5.74) is -0.131. The molecule has 0 amide bonds. The second-order valence-electron chi connectivity index (χ2n) is 5.43. The van der Waals surface area contributed by atoms with Crippen molar-refractivity contribution in [3.05, 3.63) is 107 Å². The molecule has 0 aliphatic rings. The van der Waals surface area contributed by atoms with E-state index < -0.39 is 34.8 Å². The molecule has 0 radical (unpaired) electrons. The van der Waals surface area contributed by atoms with Gasteiger partial charge in [0.15, 0.2) is 0 Å². The Morgan fingerprint density at radius 2 is 1.15 bits per heavy atom. The lowest BCUT2D eigenvalue weighted by Crippen LogP contribution is -2.11. The van der Waals surface area contributed by atoms with Crippen LogP contribution in [0, 0.1) is 23.3 Å². The number of oxime groups is 1. The van der Waals surface area contributed by atoms with Gasteiger partial charge in [-0.05, 0) is 60.7 Å². The highest BCUT2D eigenvalue weighted by Crippen LogP contribution is 2.16. The first-order valence-electron chi connectivity index (χ1n) is 7.71. The molecule has 0 fully saturated rings. The smallest absolute Gasteiger partial charge is 0.312 e. The molecule has 0 unspecified atom stereocenters. The lowest BCUT2D eigenvalue weighted by molar-refractivity contribution is 0.0506. The van der Waals surface area contributed by atoms with E-state index in [4.69, 9.17) is 4.84 Å². The summed E-state index contributed by atoms with van der Waals surface area (Å²) in [5, 5.41) is 3.67. The maximum Gasteiger partial charge on any atom is 0.371 e. The van der Waals surface area contributed by atoms with Crippen LogP contribution in [0.4, 0.5) is 17.6 Å². The summed E-state index contributed by atoms with van der Waals surface area (Å²) in [6.07, 6.45) is 0. The second-order valence-corrected chi connectivity index (χ2v) is 5.43. The molecule has 0 saturated heterocycles. The summed E-state index contributed by atoms with van der Waals surface area (Å²) in [6.45, 7) is 0. The maximum atomic E-state index is 13.7. The van der Waals surface area contributed by atoms with Crippen LogP contribution in [-0.4, -0.2) is 11.7 Å². The molecule has 0 saturated carbocycles. The number of carbonyl (C=O) groups excluding carboxylic acids is 1. The fraction of sp³-hybridized carbons (Fsp3) is 0. The zero-order valence-corrected chi connectivity index (χ0v) is 13.6. The Morgan fingerprint density at radius 3 is 1.59 bits per heavy atom. The molecule has 0 bridgehead atoms. The van der Waals surface area contributed by atoms with Gasteiger partial charge >= 0.3 is 5.97 Å². The number of rotatable bonds is 4. The van der Waals surface area contributed by atoms with Gasteiger partial charge in [0, 0.05) is 11.1 Å². The van der Waals surface area contributed by atoms with E-state index in [1.807, 2.05) is 0 Å². The summed E-state index contributed by atoms with van der Waals surface area (Å²) in [4.78, 5) is 16.7. The van der Waals surface area contributed by atoms with Gasteiger partial charge in [-0.2, -0.15) is 0 Å². The minimum atomic E-state index is -1.34. The van der Waals surface area contributed by atoms with E-state index in [2.05, 4.69) is 5.16 Å². The molecule has 0 heterocycles. The van der Waals surface area contributed by atoms with Gasteiger partial charge in [0.2, 0.25) is 0 Å². The van der Waals surface area contributed by atoms with Gasteiger partial charge in [0.05, 0.1) is 0 Å².